The highest BCUT2D eigenvalue weighted by Gasteiger charge is 2.22. The lowest BCUT2D eigenvalue weighted by atomic mass is 10.1. The second-order valence-electron chi connectivity index (χ2n) is 5.54. The minimum atomic E-state index is -0.821. The Kier molecular flexibility index (Phi) is 6.67. The zero-order valence-corrected chi connectivity index (χ0v) is 12.0. The quantitative estimate of drug-likeness (QED) is 0.754. The Balaban J connectivity index is 2.36. The lowest BCUT2D eigenvalue weighted by Gasteiger charge is -2.28. The van der Waals surface area contributed by atoms with Crippen LogP contribution in [-0.4, -0.2) is 41.1 Å². The number of amides is 2. The fourth-order valence-corrected chi connectivity index (χ4v) is 2.54. The highest BCUT2D eigenvalue weighted by atomic mass is 16.4. The van der Waals surface area contributed by atoms with Gasteiger partial charge in [-0.3, -0.25) is 4.79 Å². The molecule has 1 aliphatic carbocycles. The minimum absolute atomic E-state index is 0.0789. The molecule has 2 amide bonds. The van der Waals surface area contributed by atoms with Crippen LogP contribution in [0.5, 0.6) is 0 Å². The fourth-order valence-electron chi connectivity index (χ4n) is 2.54. The number of nitrogens with one attached hydrogen (secondary N) is 1. The van der Waals surface area contributed by atoms with Crippen molar-refractivity contribution in [2.75, 3.05) is 7.05 Å². The lowest BCUT2D eigenvalue weighted by molar-refractivity contribution is -0.137. The maximum atomic E-state index is 12.1. The van der Waals surface area contributed by atoms with Crippen LogP contribution in [-0.2, 0) is 4.79 Å². The zero-order valence-electron chi connectivity index (χ0n) is 12.0. The first-order chi connectivity index (χ1) is 9.00. The van der Waals surface area contributed by atoms with Crippen molar-refractivity contribution in [3.8, 4) is 0 Å². The van der Waals surface area contributed by atoms with E-state index in [1.165, 1.54) is 25.7 Å². The number of carboxylic acids is 1. The normalized spacial score (nSPS) is 18.4. The Hall–Kier alpha value is -1.26. The number of nitrogens with zero attached hydrogens (tertiary/aromatic N) is 1. The van der Waals surface area contributed by atoms with Crippen LogP contribution >= 0.6 is 0 Å². The van der Waals surface area contributed by atoms with Crippen LogP contribution in [0.3, 0.4) is 0 Å². The Bertz CT molecular complexity index is 299. The third-order valence-electron chi connectivity index (χ3n) is 3.85. The molecule has 0 aliphatic heterocycles. The number of carbonyl (C=O) groups excluding carboxylic acids is 1. The van der Waals surface area contributed by atoms with Gasteiger partial charge in [0.15, 0.2) is 0 Å². The van der Waals surface area contributed by atoms with Gasteiger partial charge in [0.1, 0.15) is 0 Å². The third-order valence-corrected chi connectivity index (χ3v) is 3.85. The van der Waals surface area contributed by atoms with Gasteiger partial charge in [0.2, 0.25) is 0 Å². The van der Waals surface area contributed by atoms with Crippen molar-refractivity contribution >= 4 is 12.0 Å². The average Bonchev–Trinajstić information content (AvgIpc) is 2.64. The molecule has 1 saturated carbocycles. The molecular weight excluding hydrogens is 244 g/mol. The molecule has 1 rings (SSSR count). The van der Waals surface area contributed by atoms with Crippen molar-refractivity contribution in [1.29, 1.82) is 0 Å². The molecule has 0 heterocycles. The zero-order chi connectivity index (χ0) is 14.3. The molecule has 110 valence electrons. The van der Waals surface area contributed by atoms with E-state index in [-0.39, 0.29) is 18.5 Å². The second kappa shape index (κ2) is 8.02. The molecule has 1 aliphatic rings. The molecule has 0 saturated heterocycles. The number of urea groups is 1. The first-order valence-corrected chi connectivity index (χ1v) is 7.26. The molecular formula is C14H26N2O3. The topological polar surface area (TPSA) is 69.6 Å². The number of carbonyl (C=O) groups is 2. The lowest BCUT2D eigenvalue weighted by Crippen LogP contribution is -2.46. The van der Waals surface area contributed by atoms with Crippen molar-refractivity contribution in [2.24, 2.45) is 0 Å². The minimum Gasteiger partial charge on any atom is -0.481 e. The highest BCUT2D eigenvalue weighted by molar-refractivity contribution is 5.74. The molecule has 19 heavy (non-hydrogen) atoms. The first kappa shape index (κ1) is 15.8. The number of hydrogen-bond donors (Lipinski definition) is 2. The van der Waals surface area contributed by atoms with Crippen molar-refractivity contribution < 1.29 is 14.7 Å². The van der Waals surface area contributed by atoms with E-state index in [0.29, 0.717) is 12.5 Å². The molecule has 0 bridgehead atoms. The van der Waals surface area contributed by atoms with E-state index in [0.717, 1.165) is 12.8 Å². The summed E-state index contributed by atoms with van der Waals surface area (Å²) < 4.78 is 0. The van der Waals surface area contributed by atoms with Crippen molar-refractivity contribution in [3.63, 3.8) is 0 Å². The van der Waals surface area contributed by atoms with Crippen molar-refractivity contribution in [3.05, 3.63) is 0 Å². The first-order valence-electron chi connectivity index (χ1n) is 7.26. The SMILES string of the molecule is CC(CCC(=O)O)NC(=O)N(C)C1CCCCCC1. The van der Waals surface area contributed by atoms with Gasteiger partial charge in [-0.25, -0.2) is 4.79 Å². The summed E-state index contributed by atoms with van der Waals surface area (Å²) in [6, 6.07) is 0.149. The summed E-state index contributed by atoms with van der Waals surface area (Å²) >= 11 is 0. The largest absolute Gasteiger partial charge is 0.481 e. The monoisotopic (exact) mass is 270 g/mol. The Morgan fingerprint density at radius 2 is 1.84 bits per heavy atom. The van der Waals surface area contributed by atoms with Gasteiger partial charge in [-0.2, -0.15) is 0 Å². The van der Waals surface area contributed by atoms with Crippen LogP contribution < -0.4 is 5.32 Å². The molecule has 0 radical (unpaired) electrons. The van der Waals surface area contributed by atoms with Gasteiger partial charge in [0, 0.05) is 25.6 Å². The van der Waals surface area contributed by atoms with E-state index in [4.69, 9.17) is 5.11 Å². The van der Waals surface area contributed by atoms with Crippen LogP contribution in [0.15, 0.2) is 0 Å². The Morgan fingerprint density at radius 3 is 2.37 bits per heavy atom. The van der Waals surface area contributed by atoms with Crippen LogP contribution in [0, 0.1) is 0 Å². The van der Waals surface area contributed by atoms with E-state index in [1.54, 1.807) is 4.90 Å². The summed E-state index contributed by atoms with van der Waals surface area (Å²) in [5.41, 5.74) is 0. The van der Waals surface area contributed by atoms with E-state index in [2.05, 4.69) is 5.32 Å². The smallest absolute Gasteiger partial charge is 0.317 e. The van der Waals surface area contributed by atoms with Crippen molar-refractivity contribution in [1.82, 2.24) is 10.2 Å². The Morgan fingerprint density at radius 1 is 1.26 bits per heavy atom. The maximum Gasteiger partial charge on any atom is 0.317 e. The predicted octanol–water partition coefficient (Wildman–Crippen LogP) is 2.60. The molecule has 1 fully saturated rings. The molecule has 5 heteroatoms. The van der Waals surface area contributed by atoms with Gasteiger partial charge in [0.05, 0.1) is 0 Å². The average molecular weight is 270 g/mol. The molecule has 0 aromatic carbocycles. The summed E-state index contributed by atoms with van der Waals surface area (Å²) in [7, 11) is 1.84. The number of hydrogen-bond acceptors (Lipinski definition) is 2. The van der Waals surface area contributed by atoms with Gasteiger partial charge in [0.25, 0.3) is 0 Å². The second-order valence-corrected chi connectivity index (χ2v) is 5.54. The van der Waals surface area contributed by atoms with Crippen LogP contribution in [0.25, 0.3) is 0 Å². The van der Waals surface area contributed by atoms with E-state index in [9.17, 15) is 9.59 Å². The molecule has 1 unspecified atom stereocenters. The summed E-state index contributed by atoms with van der Waals surface area (Å²) in [4.78, 5) is 24.4. The maximum absolute atomic E-state index is 12.1. The van der Waals surface area contributed by atoms with Gasteiger partial charge < -0.3 is 15.3 Å². The van der Waals surface area contributed by atoms with Gasteiger partial charge in [-0.1, -0.05) is 25.7 Å². The summed E-state index contributed by atoms with van der Waals surface area (Å²) in [6.45, 7) is 1.85. The van der Waals surface area contributed by atoms with Gasteiger partial charge >= 0.3 is 12.0 Å². The van der Waals surface area contributed by atoms with Crippen LogP contribution in [0.1, 0.15) is 58.3 Å². The number of aliphatic carboxylic acids is 1. The molecule has 0 aromatic rings. The third kappa shape index (κ3) is 5.94. The van der Waals surface area contributed by atoms with E-state index >= 15 is 0 Å². The Labute approximate surface area is 115 Å². The standard InChI is InChI=1S/C14H26N2O3/c1-11(9-10-13(17)18)15-14(19)16(2)12-7-5-3-4-6-8-12/h11-12H,3-10H2,1-2H3,(H,15,19)(H,17,18). The van der Waals surface area contributed by atoms with Crippen LogP contribution in [0.2, 0.25) is 0 Å². The predicted molar refractivity (Wildman–Crippen MR) is 74.1 cm³/mol. The summed E-state index contributed by atoms with van der Waals surface area (Å²) in [5.74, 6) is -0.821. The molecule has 1 atom stereocenters. The molecule has 0 aromatic heterocycles. The molecule has 5 nitrogen and oxygen atoms in total. The molecule has 2 N–H and O–H groups in total. The van der Waals surface area contributed by atoms with E-state index < -0.39 is 5.97 Å². The number of carboxylic acid groups (broad SMARTS) is 1. The number of rotatable bonds is 5. The summed E-state index contributed by atoms with van der Waals surface area (Å²) in [6.07, 6.45) is 7.63. The van der Waals surface area contributed by atoms with Gasteiger partial charge in [-0.15, -0.1) is 0 Å². The van der Waals surface area contributed by atoms with Gasteiger partial charge in [-0.05, 0) is 26.2 Å². The van der Waals surface area contributed by atoms with E-state index in [1.807, 2.05) is 14.0 Å². The fraction of sp³-hybridized carbons (Fsp3) is 0.857. The summed E-state index contributed by atoms with van der Waals surface area (Å²) in [5, 5.41) is 11.5. The molecule has 0 spiro atoms. The highest BCUT2D eigenvalue weighted by Crippen LogP contribution is 2.21. The van der Waals surface area contributed by atoms with Crippen LogP contribution in [0.4, 0.5) is 4.79 Å². The van der Waals surface area contributed by atoms with Crippen molar-refractivity contribution in [2.45, 2.75) is 70.4 Å².